The predicted molar refractivity (Wildman–Crippen MR) is 79.5 cm³/mol. The number of hydrogen-bond donors (Lipinski definition) is 0. The van der Waals surface area contributed by atoms with E-state index in [1.807, 2.05) is 6.26 Å². The van der Waals surface area contributed by atoms with Crippen molar-refractivity contribution in [2.45, 2.75) is 47.5 Å². The zero-order valence-corrected chi connectivity index (χ0v) is 13.1. The fraction of sp³-hybridized carbons (Fsp3) is 0.583. The van der Waals surface area contributed by atoms with Gasteiger partial charge in [-0.2, -0.15) is 0 Å². The van der Waals surface area contributed by atoms with Crippen LogP contribution >= 0.6 is 46.7 Å². The molecule has 1 aromatic rings. The Balaban J connectivity index is 2.26. The van der Waals surface area contributed by atoms with E-state index in [9.17, 15) is 4.79 Å². The summed E-state index contributed by atoms with van der Waals surface area (Å²) in [6.07, 6.45) is 7.91. The minimum Gasteiger partial charge on any atom is -0.440 e. The monoisotopic (exact) mass is 324 g/mol. The molecule has 1 saturated carbocycles. The minimum absolute atomic E-state index is 0.0838. The molecule has 18 heavy (non-hydrogen) atoms. The van der Waals surface area contributed by atoms with E-state index in [1.54, 1.807) is 11.8 Å². The van der Waals surface area contributed by atoms with E-state index < -0.39 is 0 Å². The highest BCUT2D eigenvalue weighted by Crippen LogP contribution is 2.38. The molecule has 0 saturated heterocycles. The molecule has 0 bridgehead atoms. The van der Waals surface area contributed by atoms with Gasteiger partial charge in [-0.15, -0.1) is 0 Å². The zero-order valence-electron chi connectivity index (χ0n) is 10.0. The Labute approximate surface area is 125 Å². The van der Waals surface area contributed by atoms with Gasteiger partial charge in [-0.25, -0.2) is 0 Å². The molecule has 0 amide bonds. The maximum absolute atomic E-state index is 11.9. The van der Waals surface area contributed by atoms with E-state index in [2.05, 4.69) is 0 Å². The Morgan fingerprint density at radius 2 is 1.72 bits per heavy atom. The lowest BCUT2D eigenvalue weighted by molar-refractivity contribution is 0.371. The van der Waals surface area contributed by atoms with Crippen molar-refractivity contribution in [2.75, 3.05) is 6.26 Å². The second kappa shape index (κ2) is 6.60. The van der Waals surface area contributed by atoms with Crippen LogP contribution in [0.1, 0.15) is 32.1 Å². The molecule has 1 aliphatic rings. The number of thioether (sulfide) groups is 2. The maximum Gasteiger partial charge on any atom is 0.224 e. The van der Waals surface area contributed by atoms with Gasteiger partial charge in [0.15, 0.2) is 10.2 Å². The molecule has 0 aliphatic heterocycles. The smallest absolute Gasteiger partial charge is 0.224 e. The molecule has 1 aliphatic carbocycles. The van der Waals surface area contributed by atoms with Gasteiger partial charge in [0.05, 0.1) is 0 Å². The molecule has 100 valence electrons. The first-order valence-corrected chi connectivity index (χ1v) is 8.72. The van der Waals surface area contributed by atoms with Gasteiger partial charge >= 0.3 is 0 Å². The zero-order chi connectivity index (χ0) is 13.1. The Hall–Kier alpha value is 0.230. The van der Waals surface area contributed by atoms with Gasteiger partial charge in [0.2, 0.25) is 5.43 Å². The third-order valence-electron chi connectivity index (χ3n) is 2.95. The van der Waals surface area contributed by atoms with Crippen molar-refractivity contribution < 1.29 is 4.42 Å². The normalized spacial score (nSPS) is 17.1. The molecule has 0 unspecified atom stereocenters. The second-order valence-electron chi connectivity index (χ2n) is 4.22. The number of halogens is 2. The average molecular weight is 325 g/mol. The molecule has 1 aromatic heterocycles. The summed E-state index contributed by atoms with van der Waals surface area (Å²) < 4.78 is 5.63. The Morgan fingerprint density at radius 3 is 2.33 bits per heavy atom. The van der Waals surface area contributed by atoms with Crippen LogP contribution in [0.5, 0.6) is 0 Å². The van der Waals surface area contributed by atoms with Crippen LogP contribution in [0.25, 0.3) is 0 Å². The first-order chi connectivity index (χ1) is 8.63. The van der Waals surface area contributed by atoms with Crippen molar-refractivity contribution in [3.05, 3.63) is 20.3 Å². The molecule has 6 heteroatoms. The summed E-state index contributed by atoms with van der Waals surface area (Å²) in [5.74, 6) is 0. The number of rotatable bonds is 3. The van der Waals surface area contributed by atoms with Crippen molar-refractivity contribution in [1.29, 1.82) is 0 Å². The van der Waals surface area contributed by atoms with Gasteiger partial charge < -0.3 is 4.42 Å². The number of hydrogen-bond acceptors (Lipinski definition) is 4. The van der Waals surface area contributed by atoms with Gasteiger partial charge in [-0.3, -0.25) is 4.79 Å². The molecule has 0 atom stereocenters. The standard InChI is InChI=1S/C12H14Cl2O2S2/c1-17-11-8(13)10(15)9(14)12(16-11)18-7-5-3-2-4-6-7/h7H,2-6H2,1H3. The van der Waals surface area contributed by atoms with Gasteiger partial charge in [-0.1, -0.05) is 66.0 Å². The summed E-state index contributed by atoms with van der Waals surface area (Å²) in [5, 5.41) is 1.66. The summed E-state index contributed by atoms with van der Waals surface area (Å²) in [6.45, 7) is 0. The van der Waals surface area contributed by atoms with E-state index in [0.717, 1.165) is 12.8 Å². The van der Waals surface area contributed by atoms with Crippen LogP contribution in [0, 0.1) is 0 Å². The molecule has 2 rings (SSSR count). The molecule has 0 aromatic carbocycles. The van der Waals surface area contributed by atoms with Crippen molar-refractivity contribution in [1.82, 2.24) is 0 Å². The second-order valence-corrected chi connectivity index (χ2v) is 7.02. The van der Waals surface area contributed by atoms with Gasteiger partial charge in [-0.05, 0) is 19.1 Å². The fourth-order valence-electron chi connectivity index (χ4n) is 2.00. The average Bonchev–Trinajstić information content (AvgIpc) is 2.40. The first-order valence-electron chi connectivity index (χ1n) is 5.86. The molecule has 1 fully saturated rings. The molecular weight excluding hydrogens is 311 g/mol. The van der Waals surface area contributed by atoms with Crippen molar-refractivity contribution in [3.8, 4) is 0 Å². The van der Waals surface area contributed by atoms with Crippen molar-refractivity contribution >= 4 is 46.7 Å². The Morgan fingerprint density at radius 1 is 1.11 bits per heavy atom. The van der Waals surface area contributed by atoms with Crippen molar-refractivity contribution in [3.63, 3.8) is 0 Å². The summed E-state index contributed by atoms with van der Waals surface area (Å²) in [4.78, 5) is 11.9. The highest BCUT2D eigenvalue weighted by Gasteiger charge is 2.21. The third kappa shape index (κ3) is 3.21. The van der Waals surface area contributed by atoms with Crippen LogP contribution in [0.15, 0.2) is 19.4 Å². The first kappa shape index (κ1) is 14.6. The van der Waals surface area contributed by atoms with Gasteiger partial charge in [0.1, 0.15) is 10.0 Å². The molecule has 0 radical (unpaired) electrons. The Kier molecular flexibility index (Phi) is 5.36. The van der Waals surface area contributed by atoms with Crippen molar-refractivity contribution in [2.24, 2.45) is 0 Å². The molecule has 1 heterocycles. The SMILES string of the molecule is CSc1oc(SC2CCCCC2)c(Cl)c(=O)c1Cl. The van der Waals surface area contributed by atoms with Crippen LogP contribution in [0.2, 0.25) is 10.0 Å². The quantitative estimate of drug-likeness (QED) is 0.724. The van der Waals surface area contributed by atoms with Gasteiger partial charge in [0.25, 0.3) is 0 Å². The highest BCUT2D eigenvalue weighted by atomic mass is 35.5. The van der Waals surface area contributed by atoms with E-state index in [0.29, 0.717) is 15.4 Å². The summed E-state index contributed by atoms with van der Waals surface area (Å²) in [7, 11) is 0. The predicted octanol–water partition coefficient (Wildman–Crippen LogP) is 5.09. The topological polar surface area (TPSA) is 30.2 Å². The lowest BCUT2D eigenvalue weighted by Crippen LogP contribution is -2.10. The van der Waals surface area contributed by atoms with Crippen LogP contribution in [0.4, 0.5) is 0 Å². The fourth-order valence-corrected chi connectivity index (χ4v) is 4.37. The lowest BCUT2D eigenvalue weighted by Gasteiger charge is -2.20. The minimum atomic E-state index is -0.327. The summed E-state index contributed by atoms with van der Waals surface area (Å²) in [6, 6.07) is 0. The van der Waals surface area contributed by atoms with Crippen LogP contribution in [0.3, 0.4) is 0 Å². The van der Waals surface area contributed by atoms with Gasteiger partial charge in [0, 0.05) is 5.25 Å². The Bertz CT molecular complexity index is 482. The van der Waals surface area contributed by atoms with Crippen LogP contribution in [-0.2, 0) is 0 Å². The molecule has 0 N–H and O–H groups in total. The third-order valence-corrected chi connectivity index (χ3v) is 5.83. The largest absolute Gasteiger partial charge is 0.440 e. The summed E-state index contributed by atoms with van der Waals surface area (Å²) >= 11 is 14.8. The van der Waals surface area contributed by atoms with Crippen LogP contribution in [-0.4, -0.2) is 11.5 Å². The van der Waals surface area contributed by atoms with E-state index in [4.69, 9.17) is 27.6 Å². The lowest BCUT2D eigenvalue weighted by atomic mass is 10.0. The summed E-state index contributed by atoms with van der Waals surface area (Å²) in [5.41, 5.74) is -0.327. The van der Waals surface area contributed by atoms with E-state index in [1.165, 1.54) is 31.0 Å². The molecule has 2 nitrogen and oxygen atoms in total. The maximum atomic E-state index is 11.9. The van der Waals surface area contributed by atoms with E-state index in [-0.39, 0.29) is 15.5 Å². The van der Waals surface area contributed by atoms with Crippen LogP contribution < -0.4 is 5.43 Å². The van der Waals surface area contributed by atoms with E-state index >= 15 is 0 Å². The highest BCUT2D eigenvalue weighted by molar-refractivity contribution is 8.00. The molecule has 0 spiro atoms. The molecular formula is C12H14Cl2O2S2.